The minimum absolute atomic E-state index is 0. The fraction of sp³-hybridized carbons (Fsp3) is 0.591. The van der Waals surface area contributed by atoms with Gasteiger partial charge in [0.05, 0.1) is 0 Å². The van der Waals surface area contributed by atoms with Crippen LogP contribution >= 0.6 is 78.2 Å². The van der Waals surface area contributed by atoms with Crippen LogP contribution < -0.4 is 21.3 Å². The van der Waals surface area contributed by atoms with Crippen molar-refractivity contribution in [2.24, 2.45) is 0 Å². The van der Waals surface area contributed by atoms with Crippen LogP contribution in [0.5, 0.6) is 0 Å². The van der Waals surface area contributed by atoms with Crippen LogP contribution in [0.25, 0.3) is 10.9 Å². The van der Waals surface area contributed by atoms with Gasteiger partial charge in [0.2, 0.25) is 0 Å². The van der Waals surface area contributed by atoms with Crippen molar-refractivity contribution in [3.05, 3.63) is 43.5 Å². The van der Waals surface area contributed by atoms with Crippen molar-refractivity contribution in [3.8, 4) is 0 Å². The van der Waals surface area contributed by atoms with Crippen LogP contribution in [-0.2, 0) is 22.1 Å². The van der Waals surface area contributed by atoms with Gasteiger partial charge in [-0.25, -0.2) is 0 Å². The van der Waals surface area contributed by atoms with Crippen LogP contribution in [0.15, 0.2) is 30.3 Å². The molecule has 1 aromatic carbocycles. The number of H-pyrrole nitrogens is 1. The Balaban J connectivity index is -0.000000363. The van der Waals surface area contributed by atoms with E-state index < -0.39 is 0 Å². The van der Waals surface area contributed by atoms with Crippen molar-refractivity contribution in [3.63, 3.8) is 0 Å². The summed E-state index contributed by atoms with van der Waals surface area (Å²) in [6.45, 7) is 10.9. The second-order valence-corrected chi connectivity index (χ2v) is 6.80. The molecule has 0 saturated carbocycles. The predicted molar refractivity (Wildman–Crippen MR) is 168 cm³/mol. The molecule has 0 aliphatic carbocycles. The Labute approximate surface area is 257 Å². The Morgan fingerprint density at radius 1 is 0.727 bits per heavy atom. The quantitative estimate of drug-likeness (QED) is 0.112. The molecule has 1 heterocycles. The zero-order valence-corrected chi connectivity index (χ0v) is 28.9. The number of halogens is 4. The average Bonchev–Trinajstić information content (AvgIpc) is 3.15. The van der Waals surface area contributed by atoms with Crippen molar-refractivity contribution >= 4 is 89.1 Å². The molecule has 0 aliphatic rings. The van der Waals surface area contributed by atoms with Gasteiger partial charge in [0.25, 0.3) is 0 Å². The Morgan fingerprint density at radius 3 is 1.67 bits per heavy atom. The van der Waals surface area contributed by atoms with Crippen molar-refractivity contribution in [1.29, 1.82) is 0 Å². The fourth-order valence-corrected chi connectivity index (χ4v) is 3.06. The van der Waals surface area contributed by atoms with E-state index in [0.717, 1.165) is 58.8 Å². The number of nitrogens with one attached hydrogen (secondary N) is 5. The molecule has 33 heavy (non-hydrogen) atoms. The van der Waals surface area contributed by atoms with Gasteiger partial charge in [-0.05, 0) is 89.0 Å². The average molecular weight is 791 g/mol. The van der Waals surface area contributed by atoms with Crippen molar-refractivity contribution in [1.82, 2.24) is 26.3 Å². The van der Waals surface area contributed by atoms with Gasteiger partial charge < -0.3 is 33.7 Å². The van der Waals surface area contributed by atoms with Gasteiger partial charge in [-0.15, -0.1) is 67.9 Å². The van der Waals surface area contributed by atoms with E-state index in [1.54, 1.807) is 0 Å². The number of fused-ring (bicyclic) bond motifs is 1. The molecule has 2 rings (SSSR count). The first kappa shape index (κ1) is 44.3. The zero-order valence-electron chi connectivity index (χ0n) is 19.9. The van der Waals surface area contributed by atoms with Gasteiger partial charge in [0.15, 0.2) is 0 Å². The van der Waals surface area contributed by atoms with E-state index in [-0.39, 0.29) is 75.4 Å². The first-order valence-corrected chi connectivity index (χ1v) is 12.6. The molecular formula is C22H44Br4N5SV-. The molecule has 2 aromatic rings. The summed E-state index contributed by atoms with van der Waals surface area (Å²) in [5, 5.41) is 15.2. The molecule has 0 radical (unpaired) electrons. The van der Waals surface area contributed by atoms with Crippen molar-refractivity contribution < 1.29 is 15.7 Å². The predicted octanol–water partition coefficient (Wildman–Crippen LogP) is 5.67. The summed E-state index contributed by atoms with van der Waals surface area (Å²) in [4.78, 5) is 3.48. The minimum atomic E-state index is 0. The SMILES string of the molecule is Br.Br.Br.Br.CCNCCCNCCCNCCCNCCc1cc2ccccc2[nH]1.[22CH3-].[S]=[V]. The molecule has 5 N–H and O–H groups in total. The molecule has 5 nitrogen and oxygen atoms in total. The van der Waals surface area contributed by atoms with Crippen LogP contribution in [0.2, 0.25) is 0 Å². The molecule has 0 unspecified atom stereocenters. The molecular weight excluding hydrogens is 747 g/mol. The topological polar surface area (TPSA) is 63.9 Å². The molecule has 0 spiro atoms. The number of para-hydroxylation sites is 1. The molecule has 0 fully saturated rings. The first-order valence-electron chi connectivity index (χ1n) is 10.5. The summed E-state index contributed by atoms with van der Waals surface area (Å²) >= 11 is 1.90. The Bertz CT molecular complexity index is 592. The van der Waals surface area contributed by atoms with Gasteiger partial charge in [0.1, 0.15) is 0 Å². The number of aromatic amines is 1. The maximum atomic E-state index is 4.02. The summed E-state index contributed by atoms with van der Waals surface area (Å²) in [5.74, 6) is 0. The number of aromatic nitrogens is 1. The second kappa shape index (κ2) is 33.3. The molecule has 0 aliphatic heterocycles. The Morgan fingerprint density at radius 2 is 1.18 bits per heavy atom. The summed E-state index contributed by atoms with van der Waals surface area (Å²) < 4.78 is 0. The third-order valence-corrected chi connectivity index (χ3v) is 4.53. The number of rotatable bonds is 16. The Kier molecular flexibility index (Phi) is 44.8. The van der Waals surface area contributed by atoms with Gasteiger partial charge in [-0.2, -0.15) is 0 Å². The van der Waals surface area contributed by atoms with Gasteiger partial charge in [-0.1, -0.05) is 25.1 Å². The summed E-state index contributed by atoms with van der Waals surface area (Å²) in [7, 11) is 4.02. The maximum absolute atomic E-state index is 4.02. The van der Waals surface area contributed by atoms with E-state index in [1.807, 2.05) is 15.7 Å². The van der Waals surface area contributed by atoms with E-state index in [4.69, 9.17) is 0 Å². The van der Waals surface area contributed by atoms with E-state index >= 15 is 0 Å². The number of hydrogen-bond donors (Lipinski definition) is 5. The van der Waals surface area contributed by atoms with E-state index in [2.05, 4.69) is 73.8 Å². The van der Waals surface area contributed by atoms with Crippen LogP contribution in [-0.4, -0.2) is 57.3 Å². The van der Waals surface area contributed by atoms with E-state index in [0.29, 0.717) is 0 Å². The normalized spacial score (nSPS) is 9.09. The molecule has 197 valence electrons. The van der Waals surface area contributed by atoms with Crippen LogP contribution in [0.3, 0.4) is 0 Å². The van der Waals surface area contributed by atoms with Crippen molar-refractivity contribution in [2.75, 3.05) is 52.4 Å². The fourth-order valence-electron chi connectivity index (χ4n) is 3.06. The van der Waals surface area contributed by atoms with Crippen LogP contribution in [0, 0.1) is 7.43 Å². The molecule has 0 saturated heterocycles. The van der Waals surface area contributed by atoms with Crippen LogP contribution in [0.1, 0.15) is 31.9 Å². The summed E-state index contributed by atoms with van der Waals surface area (Å²) in [6, 6.07) is 10.7. The first-order chi connectivity index (χ1) is 13.9. The zero-order chi connectivity index (χ0) is 20.3. The number of hydrogen-bond acceptors (Lipinski definition) is 5. The summed E-state index contributed by atoms with van der Waals surface area (Å²) in [5.41, 5.74) is 2.55. The number of benzene rings is 1. The molecule has 0 amide bonds. The molecule has 1 aromatic heterocycles. The summed E-state index contributed by atoms with van der Waals surface area (Å²) in [6.07, 6.45) is 4.66. The third kappa shape index (κ3) is 23.5. The second-order valence-electron chi connectivity index (χ2n) is 6.80. The monoisotopic (exact) mass is 787 g/mol. The third-order valence-electron chi connectivity index (χ3n) is 4.53. The molecule has 0 atom stereocenters. The van der Waals surface area contributed by atoms with Crippen molar-refractivity contribution in [2.45, 2.75) is 32.6 Å². The van der Waals surface area contributed by atoms with E-state index in [1.165, 1.54) is 35.9 Å². The molecule has 11 heteroatoms. The van der Waals surface area contributed by atoms with Crippen LogP contribution in [0.4, 0.5) is 0 Å². The van der Waals surface area contributed by atoms with Gasteiger partial charge in [-0.3, -0.25) is 0 Å². The standard InChI is InChI=1S/C21H37N5.CH3.4BrH.S.V/c1-2-22-11-5-12-23-13-6-14-24-15-7-16-25-17-10-20-18-19-8-3-4-9-21(19)26-20;;;;;;;/h3-4,8-9,18,22-26H,2,5-7,10-17H2,1H3;1H3;4*1H;;/q;-1;;;;;;/i;1+10;;;;;;. The Hall–Kier alpha value is 1.32. The van der Waals surface area contributed by atoms with E-state index in [9.17, 15) is 0 Å². The van der Waals surface area contributed by atoms with Gasteiger partial charge in [0, 0.05) is 17.8 Å². The van der Waals surface area contributed by atoms with Gasteiger partial charge >= 0.3 is 26.0 Å². The molecule has 0 bridgehead atoms.